The van der Waals surface area contributed by atoms with Crippen molar-refractivity contribution in [2.24, 2.45) is 5.84 Å². The van der Waals surface area contributed by atoms with Crippen LogP contribution in [-0.2, 0) is 4.74 Å². The van der Waals surface area contributed by atoms with Gasteiger partial charge in [-0.3, -0.25) is 0 Å². The molecule has 0 unspecified atom stereocenters. The van der Waals surface area contributed by atoms with Crippen molar-refractivity contribution < 1.29 is 22.7 Å². The normalized spacial score (nSPS) is 12.4. The molecule has 0 fully saturated rings. The Bertz CT molecular complexity index is 236. The van der Waals surface area contributed by atoms with Crippen molar-refractivity contribution in [3.05, 3.63) is 0 Å². The molecule has 0 spiro atoms. The average molecular weight is 242 g/mol. The Morgan fingerprint density at radius 2 is 1.81 bits per heavy atom. The van der Waals surface area contributed by atoms with Gasteiger partial charge < -0.3 is 4.74 Å². The first-order chi connectivity index (χ1) is 7.01. The van der Waals surface area contributed by atoms with Gasteiger partial charge in [-0.2, -0.15) is 13.2 Å². The summed E-state index contributed by atoms with van der Waals surface area (Å²) in [5.74, 6) is 5.25. The Morgan fingerprint density at radius 3 is 2.19 bits per heavy atom. The molecule has 0 bridgehead atoms. The van der Waals surface area contributed by atoms with E-state index < -0.39 is 24.3 Å². The van der Waals surface area contributed by atoms with E-state index in [1.165, 1.54) is 0 Å². The van der Waals surface area contributed by atoms with Gasteiger partial charge in [-0.05, 0) is 27.2 Å². The number of hydrogen-bond acceptors (Lipinski definition) is 3. The molecule has 0 saturated carbocycles. The third-order valence-corrected chi connectivity index (χ3v) is 1.49. The molecule has 1 amide bonds. The van der Waals surface area contributed by atoms with E-state index in [0.717, 1.165) is 0 Å². The lowest BCUT2D eigenvalue weighted by Crippen LogP contribution is -2.42. The van der Waals surface area contributed by atoms with Gasteiger partial charge >= 0.3 is 12.3 Å². The van der Waals surface area contributed by atoms with Crippen LogP contribution in [0.1, 0.15) is 33.6 Å². The Balaban J connectivity index is 3.89. The summed E-state index contributed by atoms with van der Waals surface area (Å²) < 4.78 is 40.3. The summed E-state index contributed by atoms with van der Waals surface area (Å²) >= 11 is 0. The number of carbonyl (C=O) groups excluding carboxylic acids is 1. The predicted octanol–water partition coefficient (Wildman–Crippen LogP) is 2.44. The van der Waals surface area contributed by atoms with Crippen molar-refractivity contribution in [2.45, 2.75) is 45.4 Å². The second-order valence-electron chi connectivity index (χ2n) is 4.39. The molecule has 0 aromatic rings. The van der Waals surface area contributed by atoms with Crippen molar-refractivity contribution in [1.29, 1.82) is 0 Å². The number of carbonyl (C=O) groups is 1. The van der Waals surface area contributed by atoms with E-state index in [1.807, 2.05) is 0 Å². The molecule has 0 aliphatic rings. The zero-order chi connectivity index (χ0) is 13.0. The van der Waals surface area contributed by atoms with Gasteiger partial charge in [-0.15, -0.1) is 0 Å². The minimum atomic E-state index is -4.23. The minimum absolute atomic E-state index is 0.186. The van der Waals surface area contributed by atoms with Gasteiger partial charge in [0, 0.05) is 13.0 Å². The molecule has 7 heteroatoms. The van der Waals surface area contributed by atoms with Crippen LogP contribution in [-0.4, -0.2) is 29.4 Å². The lowest BCUT2D eigenvalue weighted by molar-refractivity contribution is -0.136. The lowest BCUT2D eigenvalue weighted by atomic mass is 10.2. The standard InChI is InChI=1S/C9H17F3N2O2/c1-8(2,3)16-7(15)14(13)6-4-5-9(10,11)12/h4-6,13H2,1-3H3. The fourth-order valence-electron chi connectivity index (χ4n) is 0.862. The lowest BCUT2D eigenvalue weighted by Gasteiger charge is -2.24. The van der Waals surface area contributed by atoms with Crippen LogP contribution in [0.25, 0.3) is 0 Å². The van der Waals surface area contributed by atoms with Crippen LogP contribution < -0.4 is 5.84 Å². The Kier molecular flexibility index (Phi) is 5.05. The Labute approximate surface area is 92.5 Å². The molecule has 0 heterocycles. The van der Waals surface area contributed by atoms with Crippen LogP contribution in [0, 0.1) is 0 Å². The van der Waals surface area contributed by atoms with Crippen molar-refractivity contribution >= 4 is 6.09 Å². The smallest absolute Gasteiger partial charge is 0.424 e. The molecule has 16 heavy (non-hydrogen) atoms. The molecule has 0 saturated heterocycles. The van der Waals surface area contributed by atoms with Crippen LogP contribution >= 0.6 is 0 Å². The second-order valence-corrected chi connectivity index (χ2v) is 4.39. The summed E-state index contributed by atoms with van der Waals surface area (Å²) in [5, 5.41) is 0.650. The third-order valence-electron chi connectivity index (χ3n) is 1.49. The molecule has 0 aliphatic heterocycles. The molecule has 0 aromatic heterocycles. The van der Waals surface area contributed by atoms with Crippen molar-refractivity contribution in [3.63, 3.8) is 0 Å². The number of nitrogens with zero attached hydrogens (tertiary/aromatic N) is 1. The highest BCUT2D eigenvalue weighted by Crippen LogP contribution is 2.21. The van der Waals surface area contributed by atoms with Crippen molar-refractivity contribution in [2.75, 3.05) is 6.54 Å². The van der Waals surface area contributed by atoms with Gasteiger partial charge in [0.25, 0.3) is 0 Å². The summed E-state index contributed by atoms with van der Waals surface area (Å²) in [4.78, 5) is 11.2. The molecular formula is C9H17F3N2O2. The zero-order valence-electron chi connectivity index (χ0n) is 9.60. The molecule has 0 radical (unpaired) electrons. The molecule has 0 aromatic carbocycles. The first-order valence-corrected chi connectivity index (χ1v) is 4.83. The summed E-state index contributed by atoms with van der Waals surface area (Å²) in [5.41, 5.74) is -0.710. The number of alkyl halides is 3. The Morgan fingerprint density at radius 1 is 1.31 bits per heavy atom. The van der Waals surface area contributed by atoms with Gasteiger partial charge in [0.2, 0.25) is 0 Å². The maximum Gasteiger partial charge on any atom is 0.424 e. The highest BCUT2D eigenvalue weighted by atomic mass is 19.4. The highest BCUT2D eigenvalue weighted by molar-refractivity contribution is 5.67. The second kappa shape index (κ2) is 5.38. The minimum Gasteiger partial charge on any atom is -0.443 e. The monoisotopic (exact) mass is 242 g/mol. The van der Waals surface area contributed by atoms with Crippen LogP contribution in [0.2, 0.25) is 0 Å². The van der Waals surface area contributed by atoms with E-state index >= 15 is 0 Å². The van der Waals surface area contributed by atoms with E-state index in [9.17, 15) is 18.0 Å². The predicted molar refractivity (Wildman–Crippen MR) is 52.4 cm³/mol. The van der Waals surface area contributed by atoms with E-state index in [-0.39, 0.29) is 13.0 Å². The van der Waals surface area contributed by atoms with Gasteiger partial charge in [0.05, 0.1) is 0 Å². The fraction of sp³-hybridized carbons (Fsp3) is 0.889. The SMILES string of the molecule is CC(C)(C)OC(=O)N(N)CCCC(F)(F)F. The number of rotatable bonds is 3. The highest BCUT2D eigenvalue weighted by Gasteiger charge is 2.27. The van der Waals surface area contributed by atoms with Crippen molar-refractivity contribution in [1.82, 2.24) is 5.01 Å². The van der Waals surface area contributed by atoms with Crippen LogP contribution in [0.5, 0.6) is 0 Å². The molecular weight excluding hydrogens is 225 g/mol. The summed E-state index contributed by atoms with van der Waals surface area (Å²) in [6.07, 6.45) is -6.26. The number of hydrogen-bond donors (Lipinski definition) is 1. The van der Waals surface area contributed by atoms with E-state index in [0.29, 0.717) is 5.01 Å². The molecule has 0 aliphatic carbocycles. The van der Waals surface area contributed by atoms with E-state index in [1.54, 1.807) is 20.8 Å². The van der Waals surface area contributed by atoms with Crippen LogP contribution in [0.3, 0.4) is 0 Å². The maximum atomic E-state index is 11.8. The number of halogens is 3. The molecule has 2 N–H and O–H groups in total. The zero-order valence-corrected chi connectivity index (χ0v) is 9.60. The van der Waals surface area contributed by atoms with Gasteiger partial charge in [-0.25, -0.2) is 15.6 Å². The van der Waals surface area contributed by atoms with Gasteiger partial charge in [0.1, 0.15) is 5.60 Å². The topological polar surface area (TPSA) is 55.6 Å². The van der Waals surface area contributed by atoms with Gasteiger partial charge in [0.15, 0.2) is 0 Å². The van der Waals surface area contributed by atoms with Gasteiger partial charge in [-0.1, -0.05) is 0 Å². The number of amides is 1. The number of ether oxygens (including phenoxy) is 1. The summed E-state index contributed by atoms with van der Waals surface area (Å²) in [7, 11) is 0. The Hall–Kier alpha value is -0.980. The first kappa shape index (κ1) is 15.0. The summed E-state index contributed by atoms with van der Waals surface area (Å²) in [6, 6.07) is 0. The number of hydrazine groups is 1. The molecule has 0 atom stereocenters. The third kappa shape index (κ3) is 8.34. The number of nitrogens with two attached hydrogens (primary N) is 1. The molecule has 96 valence electrons. The largest absolute Gasteiger partial charge is 0.443 e. The summed E-state index contributed by atoms with van der Waals surface area (Å²) in [6.45, 7) is 4.76. The quantitative estimate of drug-likeness (QED) is 0.470. The molecule has 0 rings (SSSR count). The van der Waals surface area contributed by atoms with E-state index in [2.05, 4.69) is 0 Å². The average Bonchev–Trinajstić information content (AvgIpc) is 1.98. The molecule has 4 nitrogen and oxygen atoms in total. The fourth-order valence-corrected chi connectivity index (χ4v) is 0.862. The maximum absolute atomic E-state index is 11.8. The van der Waals surface area contributed by atoms with E-state index in [4.69, 9.17) is 10.6 Å². The van der Waals surface area contributed by atoms with Crippen LogP contribution in [0.4, 0.5) is 18.0 Å². The van der Waals surface area contributed by atoms with Crippen LogP contribution in [0.15, 0.2) is 0 Å². The van der Waals surface area contributed by atoms with Crippen molar-refractivity contribution in [3.8, 4) is 0 Å². The first-order valence-electron chi connectivity index (χ1n) is 4.83.